The van der Waals surface area contributed by atoms with Crippen LogP contribution in [0.5, 0.6) is 11.5 Å². The van der Waals surface area contributed by atoms with Crippen molar-refractivity contribution >= 4 is 29.0 Å². The highest BCUT2D eigenvalue weighted by Gasteiger charge is 2.51. The van der Waals surface area contributed by atoms with Gasteiger partial charge in [0.2, 0.25) is 5.69 Å². The number of hydrogen-bond donors (Lipinski definition) is 2. The Labute approximate surface area is 505 Å². The summed E-state index contributed by atoms with van der Waals surface area (Å²) in [6.07, 6.45) is 51.5. The van der Waals surface area contributed by atoms with E-state index in [0.29, 0.717) is 18.4 Å². The van der Waals surface area contributed by atoms with Crippen LogP contribution in [0.1, 0.15) is 283 Å². The van der Waals surface area contributed by atoms with Crippen LogP contribution in [0.4, 0.5) is 11.4 Å². The molecule has 4 rings (SSSR count). The first-order chi connectivity index (χ1) is 40.4. The maximum atomic E-state index is 12.4. The number of carboxylic acid groups (broad SMARTS) is 2. The van der Waals surface area contributed by atoms with Gasteiger partial charge >= 0.3 is 11.9 Å². The van der Waals surface area contributed by atoms with Crippen LogP contribution in [-0.2, 0) is 20.4 Å². The van der Waals surface area contributed by atoms with Crippen LogP contribution in [0, 0.1) is 23.2 Å². The number of methoxy groups -OCH3 is 2. The lowest BCUT2D eigenvalue weighted by molar-refractivity contribution is -0.436. The normalized spacial score (nSPS) is 17.0. The van der Waals surface area contributed by atoms with Crippen molar-refractivity contribution < 1.29 is 33.9 Å². The minimum atomic E-state index is -0.872. The molecule has 0 spiro atoms. The van der Waals surface area contributed by atoms with Crippen molar-refractivity contribution in [3.63, 3.8) is 0 Å². The molecule has 9 nitrogen and oxygen atoms in total. The summed E-state index contributed by atoms with van der Waals surface area (Å²) in [5.74, 6) is 6.26. The number of ether oxygens (including phenoxy) is 2. The van der Waals surface area contributed by atoms with E-state index in [1.54, 1.807) is 14.2 Å². The van der Waals surface area contributed by atoms with Crippen molar-refractivity contribution in [1.29, 1.82) is 5.26 Å². The van der Waals surface area contributed by atoms with E-state index in [1.807, 2.05) is 31.2 Å². The first kappa shape index (κ1) is 69.9. The first-order valence-electron chi connectivity index (χ1n) is 33.2. The van der Waals surface area contributed by atoms with Gasteiger partial charge in [0.15, 0.2) is 12.3 Å². The molecule has 2 aliphatic rings. The average molecular weight is 1140 g/mol. The Hall–Kier alpha value is -5.54. The fourth-order valence-corrected chi connectivity index (χ4v) is 13.3. The van der Waals surface area contributed by atoms with Gasteiger partial charge in [-0.25, -0.2) is 0 Å². The summed E-state index contributed by atoms with van der Waals surface area (Å²) < 4.78 is 13.9. The predicted molar refractivity (Wildman–Crippen MR) is 348 cm³/mol. The molecule has 0 saturated carbocycles. The third kappa shape index (κ3) is 23.4. The monoisotopic (exact) mass is 1140 g/mol. The number of nitriles is 1. The number of hydrogen-bond acceptors (Lipinski definition) is 6. The molecule has 2 heterocycles. The summed E-state index contributed by atoms with van der Waals surface area (Å²) in [6, 6.07) is 14.8. The molecule has 458 valence electrons. The lowest BCUT2D eigenvalue weighted by Crippen LogP contribution is -2.35. The van der Waals surface area contributed by atoms with Gasteiger partial charge in [-0.15, -0.1) is 18.4 Å². The quantitative estimate of drug-likeness (QED) is 0.0168. The number of fused-ring (bicyclic) bond motifs is 2. The van der Waals surface area contributed by atoms with Gasteiger partial charge in [0.1, 0.15) is 17.9 Å². The molecular formula is C74H112N3O6+. The van der Waals surface area contributed by atoms with E-state index < -0.39 is 22.8 Å². The molecule has 0 saturated heterocycles. The molecule has 2 aromatic rings. The number of carboxylic acids is 2. The van der Waals surface area contributed by atoms with E-state index in [9.17, 15) is 25.1 Å². The van der Waals surface area contributed by atoms with Crippen LogP contribution in [0.2, 0.25) is 0 Å². The largest absolute Gasteiger partial charge is 0.497 e. The average Bonchev–Trinajstić information content (AvgIpc) is 2.26. The molecule has 2 unspecified atom stereocenters. The van der Waals surface area contributed by atoms with Gasteiger partial charge in [0.25, 0.3) is 0 Å². The number of rotatable bonds is 48. The highest BCUT2D eigenvalue weighted by molar-refractivity contribution is 6.04. The van der Waals surface area contributed by atoms with Crippen LogP contribution in [0.25, 0.3) is 0 Å². The van der Waals surface area contributed by atoms with Gasteiger partial charge in [-0.1, -0.05) is 218 Å². The number of nitrogens with zero attached hydrogens (tertiary/aromatic N) is 3. The predicted octanol–water partition coefficient (Wildman–Crippen LogP) is 20.3. The molecule has 9 heteroatoms. The van der Waals surface area contributed by atoms with Crippen molar-refractivity contribution in [2.45, 2.75) is 283 Å². The van der Waals surface area contributed by atoms with Crippen LogP contribution in [0.3, 0.4) is 0 Å². The number of carbonyl (C=O) groups is 2. The summed E-state index contributed by atoms with van der Waals surface area (Å²) in [4.78, 5) is 26.9. The molecule has 83 heavy (non-hydrogen) atoms. The molecule has 0 aromatic heterocycles. The molecule has 0 amide bonds. The minimum absolute atomic E-state index is 0.0541. The standard InChI is InChI=1S/C74H111N3O6/c1-8-11-14-16-18-20-22-24-26-28-29-31-33-35-37-40-53-73(52-39-13-10-3)65-57-63(82-6)44-46-67(65)76(55-50-71(78)79)69(73)48-42-62(60-75)43-49-70-74(59-61(4)5,66-58-64(83-7)45-47-68(66)77(70)56-51-72(80)81)54-41-38-36-34-32-30-27-25-23-21-19-17-15-12-9-2/h42-49,57-58H,4,8-9,11-12,14-41,50-56,59H2,1-3,5-7H3,(H-,78,79,80,81)/p+1. The number of unbranched alkanes of at least 4 members (excludes halogenated alkanes) is 29. The molecule has 0 fully saturated rings. The fourth-order valence-electron chi connectivity index (χ4n) is 13.3. The maximum absolute atomic E-state index is 12.4. The van der Waals surface area contributed by atoms with E-state index in [-0.39, 0.29) is 25.9 Å². The number of benzene rings is 2. The zero-order chi connectivity index (χ0) is 60.0. The lowest BCUT2D eigenvalue weighted by atomic mass is 9.69. The molecular weight excluding hydrogens is 1030 g/mol. The lowest BCUT2D eigenvalue weighted by Gasteiger charge is -2.34. The van der Waals surface area contributed by atoms with Crippen molar-refractivity contribution in [2.75, 3.05) is 32.2 Å². The SMILES string of the molecule is C=C(C)CC1(CCCCCCCCCCCCCCCCC)C(/C=C/C(C#N)=C/C=C2/N(CCC(=O)O)c3ccc(OC)cc3C2(CCC#CC)CCCCCCCCCCCCCCCCCC)=[N+](CCC(=O)O)c2ccc(OC)cc21. The van der Waals surface area contributed by atoms with Crippen molar-refractivity contribution in [3.05, 3.63) is 95.3 Å². The first-order valence-corrected chi connectivity index (χ1v) is 33.2. The molecule has 2 aliphatic heterocycles. The minimum Gasteiger partial charge on any atom is -0.497 e. The summed E-state index contributed by atoms with van der Waals surface area (Å²) in [6.45, 7) is 13.5. The van der Waals surface area contributed by atoms with Gasteiger partial charge in [-0.2, -0.15) is 9.84 Å². The second-order valence-electron chi connectivity index (χ2n) is 24.3. The third-order valence-electron chi connectivity index (χ3n) is 17.8. The Morgan fingerprint density at radius 2 is 1.10 bits per heavy atom. The molecule has 0 aliphatic carbocycles. The zero-order valence-corrected chi connectivity index (χ0v) is 53.1. The molecule has 2 N–H and O–H groups in total. The maximum Gasteiger partial charge on any atom is 0.309 e. The van der Waals surface area contributed by atoms with Crippen LogP contribution < -0.4 is 14.4 Å². The van der Waals surface area contributed by atoms with E-state index in [4.69, 9.17) is 9.47 Å². The van der Waals surface area contributed by atoms with E-state index >= 15 is 0 Å². The second kappa shape index (κ2) is 40.7. The second-order valence-corrected chi connectivity index (χ2v) is 24.3. The molecule has 2 aromatic carbocycles. The van der Waals surface area contributed by atoms with Gasteiger partial charge in [-0.05, 0) is 93.7 Å². The van der Waals surface area contributed by atoms with Gasteiger partial charge in [-0.3, -0.25) is 9.59 Å². The van der Waals surface area contributed by atoms with Crippen molar-refractivity contribution in [2.24, 2.45) is 0 Å². The van der Waals surface area contributed by atoms with Crippen LogP contribution in [-0.4, -0.2) is 59.7 Å². The molecule has 2 atom stereocenters. The Kier molecular flexibility index (Phi) is 34.3. The van der Waals surface area contributed by atoms with Gasteiger partial charge < -0.3 is 24.6 Å². The summed E-state index contributed by atoms with van der Waals surface area (Å²) in [5, 5.41) is 31.3. The summed E-state index contributed by atoms with van der Waals surface area (Å²) >= 11 is 0. The Balaban J connectivity index is 1.66. The Morgan fingerprint density at radius 1 is 0.639 bits per heavy atom. The highest BCUT2D eigenvalue weighted by atomic mass is 16.5. The van der Waals surface area contributed by atoms with Crippen molar-refractivity contribution in [1.82, 2.24) is 0 Å². The third-order valence-corrected chi connectivity index (χ3v) is 17.8. The zero-order valence-electron chi connectivity index (χ0n) is 53.1. The van der Waals surface area contributed by atoms with E-state index in [0.717, 1.165) is 95.9 Å². The van der Waals surface area contributed by atoms with Crippen LogP contribution >= 0.6 is 0 Å². The number of anilines is 1. The van der Waals surface area contributed by atoms with E-state index in [1.165, 1.54) is 173 Å². The smallest absolute Gasteiger partial charge is 0.309 e. The van der Waals surface area contributed by atoms with Gasteiger partial charge in [0, 0.05) is 47.5 Å². The molecule has 0 radical (unpaired) electrons. The Bertz CT molecular complexity index is 2500. The van der Waals surface area contributed by atoms with Crippen LogP contribution in [0.15, 0.2) is 84.1 Å². The van der Waals surface area contributed by atoms with E-state index in [2.05, 4.69) is 91.2 Å². The summed E-state index contributed by atoms with van der Waals surface area (Å²) in [5.41, 5.74) is 6.48. The number of aliphatic carboxylic acids is 2. The molecule has 0 bridgehead atoms. The number of allylic oxidation sites excluding steroid dienone is 7. The highest BCUT2D eigenvalue weighted by Crippen LogP contribution is 2.55. The van der Waals surface area contributed by atoms with Gasteiger partial charge in [0.05, 0.1) is 37.7 Å². The summed E-state index contributed by atoms with van der Waals surface area (Å²) in [7, 11) is 3.38. The fraction of sp³-hybridized carbons (Fsp3) is 0.649. The Morgan fingerprint density at radius 3 is 1.54 bits per heavy atom. The topological polar surface area (TPSA) is 123 Å². The van der Waals surface area contributed by atoms with Crippen molar-refractivity contribution in [3.8, 4) is 29.4 Å².